The lowest BCUT2D eigenvalue weighted by molar-refractivity contribution is 0.527. The summed E-state index contributed by atoms with van der Waals surface area (Å²) in [5.41, 5.74) is 1.45. The molecule has 6 heteroatoms. The number of piperazine rings is 1. The van der Waals surface area contributed by atoms with Gasteiger partial charge in [-0.3, -0.25) is 9.36 Å². The molecule has 0 bridgehead atoms. The Morgan fingerprint density at radius 1 is 1.17 bits per heavy atom. The van der Waals surface area contributed by atoms with E-state index in [4.69, 9.17) is 4.98 Å². The summed E-state index contributed by atoms with van der Waals surface area (Å²) in [6.07, 6.45) is 4.58. The number of thiophene rings is 1. The number of hydrogen-bond donors (Lipinski definition) is 1. The zero-order chi connectivity index (χ0) is 16.0. The van der Waals surface area contributed by atoms with Crippen molar-refractivity contribution in [2.75, 3.05) is 31.1 Å². The molecule has 23 heavy (non-hydrogen) atoms. The van der Waals surface area contributed by atoms with Crippen LogP contribution < -0.4 is 15.8 Å². The third kappa shape index (κ3) is 2.48. The van der Waals surface area contributed by atoms with Crippen molar-refractivity contribution < 1.29 is 0 Å². The fraction of sp³-hybridized carbons (Fsp3) is 0.647. The Bertz CT molecular complexity index is 786. The second-order valence-corrected chi connectivity index (χ2v) is 7.89. The van der Waals surface area contributed by atoms with Gasteiger partial charge in [0.05, 0.1) is 5.39 Å². The summed E-state index contributed by atoms with van der Waals surface area (Å²) in [5.74, 6) is 0.859. The first-order valence-corrected chi connectivity index (χ1v) is 9.51. The van der Waals surface area contributed by atoms with E-state index >= 15 is 0 Å². The minimum atomic E-state index is 0.128. The number of fused-ring (bicyclic) bond motifs is 3. The Morgan fingerprint density at radius 3 is 2.65 bits per heavy atom. The molecule has 2 aromatic heterocycles. The molecule has 0 unspecified atom stereocenters. The molecule has 4 rings (SSSR count). The molecule has 3 heterocycles. The highest BCUT2D eigenvalue weighted by Gasteiger charge is 2.25. The Hall–Kier alpha value is -1.40. The van der Waals surface area contributed by atoms with Crippen LogP contribution in [-0.2, 0) is 12.8 Å². The van der Waals surface area contributed by atoms with Gasteiger partial charge in [0.1, 0.15) is 4.83 Å². The number of aromatic nitrogens is 2. The molecule has 0 radical (unpaired) electrons. The van der Waals surface area contributed by atoms with E-state index in [-0.39, 0.29) is 11.6 Å². The van der Waals surface area contributed by atoms with Crippen molar-refractivity contribution in [2.24, 2.45) is 0 Å². The van der Waals surface area contributed by atoms with Crippen LogP contribution in [0.2, 0.25) is 0 Å². The zero-order valence-corrected chi connectivity index (χ0v) is 14.7. The van der Waals surface area contributed by atoms with Crippen LogP contribution in [0.5, 0.6) is 0 Å². The number of nitrogens with zero attached hydrogens (tertiary/aromatic N) is 3. The van der Waals surface area contributed by atoms with Crippen LogP contribution in [0, 0.1) is 0 Å². The third-order valence-electron chi connectivity index (χ3n) is 4.92. The lowest BCUT2D eigenvalue weighted by Crippen LogP contribution is -2.46. The molecule has 1 fully saturated rings. The summed E-state index contributed by atoms with van der Waals surface area (Å²) in [6.45, 7) is 7.89. The van der Waals surface area contributed by atoms with Crippen molar-refractivity contribution >= 4 is 27.5 Å². The summed E-state index contributed by atoms with van der Waals surface area (Å²) in [7, 11) is 0. The van der Waals surface area contributed by atoms with Crippen LogP contribution in [0.25, 0.3) is 10.2 Å². The first-order valence-electron chi connectivity index (χ1n) is 8.69. The quantitative estimate of drug-likeness (QED) is 0.917. The minimum absolute atomic E-state index is 0.128. The van der Waals surface area contributed by atoms with Crippen molar-refractivity contribution in [3.8, 4) is 0 Å². The topological polar surface area (TPSA) is 50.2 Å². The standard InChI is InChI=1S/C17H24N4OS/c1-11(2)21-16(22)14-12-5-3-4-6-13(12)23-15(14)19-17(21)20-9-7-18-8-10-20/h11,18H,3-10H2,1-2H3. The highest BCUT2D eigenvalue weighted by molar-refractivity contribution is 7.18. The van der Waals surface area contributed by atoms with E-state index in [9.17, 15) is 4.79 Å². The average Bonchev–Trinajstić information content (AvgIpc) is 2.93. The minimum Gasteiger partial charge on any atom is -0.340 e. The SMILES string of the molecule is CC(C)n1c(N2CCNCC2)nc2sc3c(c2c1=O)CCCC3. The normalized spacial score (nSPS) is 18.7. The number of rotatable bonds is 2. The maximum atomic E-state index is 13.3. The van der Waals surface area contributed by atoms with Crippen LogP contribution in [0.4, 0.5) is 5.95 Å². The van der Waals surface area contributed by atoms with Gasteiger partial charge in [0, 0.05) is 37.1 Å². The van der Waals surface area contributed by atoms with Crippen LogP contribution in [0.3, 0.4) is 0 Å². The van der Waals surface area contributed by atoms with E-state index in [1.807, 2.05) is 4.57 Å². The zero-order valence-electron chi connectivity index (χ0n) is 13.9. The first kappa shape index (κ1) is 15.1. The van der Waals surface area contributed by atoms with Gasteiger partial charge < -0.3 is 10.2 Å². The van der Waals surface area contributed by atoms with Gasteiger partial charge in [-0.15, -0.1) is 11.3 Å². The van der Waals surface area contributed by atoms with Gasteiger partial charge in [0.2, 0.25) is 5.95 Å². The lowest BCUT2D eigenvalue weighted by atomic mass is 9.97. The summed E-state index contributed by atoms with van der Waals surface area (Å²) >= 11 is 1.75. The molecular weight excluding hydrogens is 308 g/mol. The Morgan fingerprint density at radius 2 is 1.91 bits per heavy atom. The highest BCUT2D eigenvalue weighted by atomic mass is 32.1. The molecule has 2 aliphatic rings. The monoisotopic (exact) mass is 332 g/mol. The molecule has 1 aliphatic carbocycles. The molecule has 0 aromatic carbocycles. The molecule has 0 spiro atoms. The van der Waals surface area contributed by atoms with Crippen LogP contribution in [0.15, 0.2) is 4.79 Å². The van der Waals surface area contributed by atoms with Crippen LogP contribution >= 0.6 is 11.3 Å². The molecule has 124 valence electrons. The van der Waals surface area contributed by atoms with Gasteiger partial charge in [0.15, 0.2) is 0 Å². The van der Waals surface area contributed by atoms with E-state index in [1.54, 1.807) is 11.3 Å². The molecular formula is C17H24N4OS. The molecule has 5 nitrogen and oxygen atoms in total. The Kier molecular flexibility index (Phi) is 3.89. The molecule has 0 atom stereocenters. The summed E-state index contributed by atoms with van der Waals surface area (Å²) < 4.78 is 1.91. The number of aryl methyl sites for hydroxylation is 2. The third-order valence-corrected chi connectivity index (χ3v) is 6.10. The van der Waals surface area contributed by atoms with Gasteiger partial charge in [-0.2, -0.15) is 0 Å². The van der Waals surface area contributed by atoms with Crippen LogP contribution in [0.1, 0.15) is 43.2 Å². The maximum absolute atomic E-state index is 13.3. The Balaban J connectivity index is 1.95. The molecule has 2 aromatic rings. The summed E-state index contributed by atoms with van der Waals surface area (Å²) in [4.78, 5) is 22.8. The van der Waals surface area contributed by atoms with Crippen LogP contribution in [-0.4, -0.2) is 35.7 Å². The summed E-state index contributed by atoms with van der Waals surface area (Å²) in [6, 6.07) is 0.128. The predicted octanol–water partition coefficient (Wildman–Crippen LogP) is 2.33. The van der Waals surface area contributed by atoms with Gasteiger partial charge in [-0.1, -0.05) is 0 Å². The van der Waals surface area contributed by atoms with Gasteiger partial charge in [0.25, 0.3) is 5.56 Å². The van der Waals surface area contributed by atoms with E-state index in [0.29, 0.717) is 0 Å². The number of nitrogens with one attached hydrogen (secondary N) is 1. The predicted molar refractivity (Wildman–Crippen MR) is 96.0 cm³/mol. The lowest BCUT2D eigenvalue weighted by Gasteiger charge is -2.31. The largest absolute Gasteiger partial charge is 0.340 e. The molecule has 1 aliphatic heterocycles. The fourth-order valence-electron chi connectivity index (χ4n) is 3.76. The molecule has 0 saturated carbocycles. The van der Waals surface area contributed by atoms with Crippen molar-refractivity contribution in [1.29, 1.82) is 0 Å². The second kappa shape index (κ2) is 5.91. The van der Waals surface area contributed by atoms with E-state index in [0.717, 1.165) is 55.2 Å². The van der Waals surface area contributed by atoms with Gasteiger partial charge in [-0.05, 0) is 45.1 Å². The Labute approximate surface area is 140 Å². The van der Waals surface area contributed by atoms with Gasteiger partial charge >= 0.3 is 0 Å². The van der Waals surface area contributed by atoms with Gasteiger partial charge in [-0.25, -0.2) is 4.98 Å². The number of hydrogen-bond acceptors (Lipinski definition) is 5. The average molecular weight is 332 g/mol. The summed E-state index contributed by atoms with van der Waals surface area (Å²) in [5, 5.41) is 4.27. The smallest absolute Gasteiger partial charge is 0.264 e. The highest BCUT2D eigenvalue weighted by Crippen LogP contribution is 2.35. The first-order chi connectivity index (χ1) is 11.2. The molecule has 0 amide bonds. The molecule has 1 saturated heterocycles. The number of anilines is 1. The fourth-order valence-corrected chi connectivity index (χ4v) is 5.01. The van der Waals surface area contributed by atoms with Crippen molar-refractivity contribution in [3.05, 3.63) is 20.8 Å². The van der Waals surface area contributed by atoms with E-state index in [1.165, 1.54) is 23.3 Å². The van der Waals surface area contributed by atoms with Crippen molar-refractivity contribution in [3.63, 3.8) is 0 Å². The van der Waals surface area contributed by atoms with Crippen molar-refractivity contribution in [1.82, 2.24) is 14.9 Å². The van der Waals surface area contributed by atoms with E-state index in [2.05, 4.69) is 24.1 Å². The molecule has 1 N–H and O–H groups in total. The maximum Gasteiger partial charge on any atom is 0.264 e. The second-order valence-electron chi connectivity index (χ2n) is 6.81. The van der Waals surface area contributed by atoms with Crippen molar-refractivity contribution in [2.45, 2.75) is 45.6 Å². The van der Waals surface area contributed by atoms with E-state index < -0.39 is 0 Å².